The molecule has 2 N–H and O–H groups in total. The summed E-state index contributed by atoms with van der Waals surface area (Å²) in [5.41, 5.74) is 1.85. The van der Waals surface area contributed by atoms with E-state index in [9.17, 15) is 25.0 Å². The number of carbonyl (C=O) groups is 1. The second-order valence-corrected chi connectivity index (χ2v) is 6.19. The van der Waals surface area contributed by atoms with Crippen LogP contribution in [0, 0.1) is 20.2 Å². The Morgan fingerprint density at radius 2 is 1.87 bits per heavy atom. The topological polar surface area (TPSA) is 161 Å². The molecule has 0 fully saturated rings. The van der Waals surface area contributed by atoms with Gasteiger partial charge in [0.05, 0.1) is 32.7 Å². The van der Waals surface area contributed by atoms with Gasteiger partial charge in [-0.15, -0.1) is 0 Å². The molecule has 11 nitrogen and oxygen atoms in total. The van der Waals surface area contributed by atoms with Crippen LogP contribution in [0.2, 0.25) is 5.02 Å². The van der Waals surface area contributed by atoms with E-state index in [0.717, 1.165) is 12.1 Å². The highest BCUT2D eigenvalue weighted by Gasteiger charge is 2.19. The van der Waals surface area contributed by atoms with Crippen molar-refractivity contribution in [3.63, 3.8) is 0 Å². The summed E-state index contributed by atoms with van der Waals surface area (Å²) in [7, 11) is 0. The van der Waals surface area contributed by atoms with E-state index < -0.39 is 27.2 Å². The van der Waals surface area contributed by atoms with E-state index in [-0.39, 0.29) is 22.0 Å². The van der Waals surface area contributed by atoms with Crippen molar-refractivity contribution in [3.05, 3.63) is 85.1 Å². The lowest BCUT2D eigenvalue weighted by molar-refractivity contribution is -0.393. The van der Waals surface area contributed by atoms with Crippen molar-refractivity contribution in [3.8, 4) is 11.3 Å². The number of non-ortho nitro benzene ring substituents is 1. The first-order valence-corrected chi connectivity index (χ1v) is 8.49. The number of nitrogens with zero attached hydrogens (tertiary/aromatic N) is 3. The first-order chi connectivity index (χ1) is 14.3. The lowest BCUT2D eigenvalue weighted by Gasteiger charge is -2.03. The maximum Gasteiger partial charge on any atom is 0.335 e. The molecule has 0 spiro atoms. The van der Waals surface area contributed by atoms with E-state index in [1.807, 2.05) is 0 Å². The van der Waals surface area contributed by atoms with Gasteiger partial charge < -0.3 is 9.52 Å². The number of halogens is 1. The number of rotatable bonds is 7. The molecule has 0 amide bonds. The maximum absolute atomic E-state index is 11.1. The summed E-state index contributed by atoms with van der Waals surface area (Å²) in [5.74, 6) is -0.570. The molecule has 0 aliphatic rings. The normalized spacial score (nSPS) is 10.8. The van der Waals surface area contributed by atoms with Gasteiger partial charge in [0.2, 0.25) is 0 Å². The van der Waals surface area contributed by atoms with Gasteiger partial charge in [-0.2, -0.15) is 5.10 Å². The van der Waals surface area contributed by atoms with Crippen molar-refractivity contribution in [2.75, 3.05) is 5.43 Å². The number of benzene rings is 2. The van der Waals surface area contributed by atoms with Gasteiger partial charge in [0.15, 0.2) is 0 Å². The largest absolute Gasteiger partial charge is 0.478 e. The Kier molecular flexibility index (Phi) is 5.74. The number of aromatic carboxylic acids is 1. The zero-order valence-electron chi connectivity index (χ0n) is 14.8. The first kappa shape index (κ1) is 20.5. The highest BCUT2D eigenvalue weighted by Crippen LogP contribution is 2.31. The van der Waals surface area contributed by atoms with Crippen LogP contribution in [0.3, 0.4) is 0 Å². The van der Waals surface area contributed by atoms with E-state index in [4.69, 9.17) is 21.1 Å². The number of anilines is 1. The third kappa shape index (κ3) is 4.42. The Labute approximate surface area is 172 Å². The van der Waals surface area contributed by atoms with Crippen LogP contribution in [0.1, 0.15) is 16.1 Å². The minimum atomic E-state index is -1.12. The molecule has 30 heavy (non-hydrogen) atoms. The second-order valence-electron chi connectivity index (χ2n) is 5.79. The van der Waals surface area contributed by atoms with Crippen LogP contribution in [0.4, 0.5) is 17.1 Å². The third-order valence-corrected chi connectivity index (χ3v) is 4.20. The smallest absolute Gasteiger partial charge is 0.335 e. The Morgan fingerprint density at radius 3 is 2.53 bits per heavy atom. The molecule has 0 radical (unpaired) electrons. The number of carboxylic acids is 1. The highest BCUT2D eigenvalue weighted by atomic mass is 35.5. The van der Waals surface area contributed by atoms with Crippen molar-refractivity contribution < 1.29 is 24.2 Å². The van der Waals surface area contributed by atoms with E-state index in [1.165, 1.54) is 36.5 Å². The third-order valence-electron chi connectivity index (χ3n) is 3.87. The van der Waals surface area contributed by atoms with Crippen molar-refractivity contribution in [1.82, 2.24) is 0 Å². The van der Waals surface area contributed by atoms with Gasteiger partial charge in [-0.25, -0.2) is 4.79 Å². The molecule has 12 heteroatoms. The summed E-state index contributed by atoms with van der Waals surface area (Å²) in [4.78, 5) is 31.5. The molecule has 3 rings (SSSR count). The van der Waals surface area contributed by atoms with Crippen LogP contribution >= 0.6 is 11.6 Å². The molecule has 0 saturated carbocycles. The van der Waals surface area contributed by atoms with Crippen LogP contribution in [0.25, 0.3) is 11.3 Å². The standard InChI is InChI=1S/C18H11ClN4O7/c19-14-4-1-10(18(24)25)7-13(14)17-6-3-12(30-17)9-20-21-15-5-2-11(22(26)27)8-16(15)23(28)29/h1-9,21H,(H,24,25)/b20-9+. The molecule has 3 aromatic rings. The van der Waals surface area contributed by atoms with Crippen molar-refractivity contribution in [2.24, 2.45) is 5.10 Å². The summed E-state index contributed by atoms with van der Waals surface area (Å²) in [6.07, 6.45) is 1.23. The van der Waals surface area contributed by atoms with Crippen LogP contribution in [0.5, 0.6) is 0 Å². The molecule has 0 unspecified atom stereocenters. The Bertz CT molecular complexity index is 1190. The number of nitro benzene ring substituents is 2. The van der Waals surface area contributed by atoms with Gasteiger partial charge >= 0.3 is 11.7 Å². The fourth-order valence-corrected chi connectivity index (χ4v) is 2.67. The molecule has 1 heterocycles. The number of hydrogen-bond donors (Lipinski definition) is 2. The molecule has 2 aromatic carbocycles. The van der Waals surface area contributed by atoms with Crippen molar-refractivity contribution in [2.45, 2.75) is 0 Å². The minimum Gasteiger partial charge on any atom is -0.478 e. The van der Waals surface area contributed by atoms with Crippen molar-refractivity contribution >= 4 is 40.8 Å². The Morgan fingerprint density at radius 1 is 1.10 bits per heavy atom. The molecular formula is C18H11ClN4O7. The fraction of sp³-hybridized carbons (Fsp3) is 0. The summed E-state index contributed by atoms with van der Waals surface area (Å²) in [6.45, 7) is 0. The summed E-state index contributed by atoms with van der Waals surface area (Å²) < 4.78 is 5.56. The van der Waals surface area contributed by atoms with Crippen LogP contribution in [-0.2, 0) is 0 Å². The van der Waals surface area contributed by atoms with Gasteiger partial charge in [0.1, 0.15) is 17.2 Å². The number of hydrogen-bond acceptors (Lipinski definition) is 8. The maximum atomic E-state index is 11.1. The molecule has 0 saturated heterocycles. The summed E-state index contributed by atoms with van der Waals surface area (Å²) in [6, 6.07) is 10.3. The van der Waals surface area contributed by atoms with Gasteiger partial charge in [-0.05, 0) is 36.4 Å². The van der Waals surface area contributed by atoms with Gasteiger partial charge in [0, 0.05) is 11.6 Å². The molecule has 0 aliphatic carbocycles. The molecular weight excluding hydrogens is 420 g/mol. The molecule has 1 aromatic heterocycles. The Balaban J connectivity index is 1.81. The van der Waals surface area contributed by atoms with Gasteiger partial charge in [-0.1, -0.05) is 11.6 Å². The quantitative estimate of drug-likeness (QED) is 0.313. The molecule has 152 valence electrons. The lowest BCUT2D eigenvalue weighted by Crippen LogP contribution is -1.98. The Hall–Kier alpha value is -4.25. The monoisotopic (exact) mass is 430 g/mol. The van der Waals surface area contributed by atoms with Crippen molar-refractivity contribution in [1.29, 1.82) is 0 Å². The van der Waals surface area contributed by atoms with E-state index in [2.05, 4.69) is 10.5 Å². The molecule has 0 bridgehead atoms. The second kappa shape index (κ2) is 8.41. The molecule has 0 atom stereocenters. The van der Waals surface area contributed by atoms with Gasteiger partial charge in [-0.3, -0.25) is 25.7 Å². The average molecular weight is 431 g/mol. The molecule has 0 aliphatic heterocycles. The fourth-order valence-electron chi connectivity index (χ4n) is 2.46. The SMILES string of the molecule is O=C(O)c1ccc(Cl)c(-c2ccc(/C=N/Nc3ccc([N+](=O)[O-])cc3[N+](=O)[O-])o2)c1. The zero-order chi connectivity index (χ0) is 21.8. The number of nitro groups is 2. The number of furan rings is 1. The predicted molar refractivity (Wildman–Crippen MR) is 107 cm³/mol. The summed E-state index contributed by atoms with van der Waals surface area (Å²) >= 11 is 6.10. The first-order valence-electron chi connectivity index (χ1n) is 8.11. The van der Waals surface area contributed by atoms with Gasteiger partial charge in [0.25, 0.3) is 5.69 Å². The zero-order valence-corrected chi connectivity index (χ0v) is 15.6. The summed E-state index contributed by atoms with van der Waals surface area (Å²) in [5, 5.41) is 35.1. The van der Waals surface area contributed by atoms with E-state index in [0.29, 0.717) is 11.3 Å². The predicted octanol–water partition coefficient (Wildman–Crippen LogP) is 4.56. The number of carboxylic acid groups (broad SMARTS) is 1. The average Bonchev–Trinajstić information content (AvgIpc) is 3.16. The van der Waals surface area contributed by atoms with E-state index in [1.54, 1.807) is 6.07 Å². The van der Waals surface area contributed by atoms with E-state index >= 15 is 0 Å². The number of hydrazone groups is 1. The lowest BCUT2D eigenvalue weighted by atomic mass is 10.1. The van der Waals surface area contributed by atoms with Crippen LogP contribution in [0.15, 0.2) is 58.0 Å². The highest BCUT2D eigenvalue weighted by molar-refractivity contribution is 6.33. The van der Waals surface area contributed by atoms with Crippen LogP contribution in [-0.4, -0.2) is 27.1 Å². The van der Waals surface area contributed by atoms with Crippen LogP contribution < -0.4 is 5.43 Å². The number of nitrogens with one attached hydrogen (secondary N) is 1. The minimum absolute atomic E-state index is 0.0353.